The minimum atomic E-state index is -1.86. The molecule has 0 unspecified atom stereocenters. The van der Waals surface area contributed by atoms with Gasteiger partial charge in [-0.2, -0.15) is 12.6 Å². The molecule has 0 fully saturated rings. The molecule has 0 aromatic heterocycles. The van der Waals surface area contributed by atoms with Gasteiger partial charge in [0, 0.05) is 12.2 Å². The van der Waals surface area contributed by atoms with Crippen LogP contribution in [-0.4, -0.2) is 165 Å². The molecule has 0 saturated heterocycles. The Morgan fingerprint density at radius 1 is 0.514 bits per heavy atom. The number of aliphatic hydroxyl groups excluding tert-OH is 2. The number of nitrogens with one attached hydrogen (secondary N) is 8. The first-order chi connectivity index (χ1) is 33.8. The Morgan fingerprint density at radius 3 is 1.32 bits per heavy atom. The van der Waals surface area contributed by atoms with Crippen molar-refractivity contribution in [3.63, 3.8) is 0 Å². The Bertz CT molecular complexity index is 1980. The summed E-state index contributed by atoms with van der Waals surface area (Å²) in [6.07, 6.45) is -0.0223. The first-order valence-electron chi connectivity index (χ1n) is 23.7. The number of rotatable bonds is 34. The van der Waals surface area contributed by atoms with Crippen molar-refractivity contribution in [3.05, 3.63) is 29.8 Å². The fourth-order valence-corrected chi connectivity index (χ4v) is 7.26. The molecule has 72 heavy (non-hydrogen) atoms. The van der Waals surface area contributed by atoms with Crippen molar-refractivity contribution in [2.75, 3.05) is 25.5 Å². The summed E-state index contributed by atoms with van der Waals surface area (Å²) in [7, 11) is 0. The first-order valence-corrected chi connectivity index (χ1v) is 24.3. The van der Waals surface area contributed by atoms with Crippen LogP contribution < -0.4 is 54.0 Å². The zero-order valence-electron chi connectivity index (χ0n) is 41.6. The van der Waals surface area contributed by atoms with Crippen molar-refractivity contribution in [1.82, 2.24) is 42.5 Å². The number of benzene rings is 1. The van der Waals surface area contributed by atoms with Gasteiger partial charge in [0.1, 0.15) is 54.1 Å². The number of hydrogen-bond acceptors (Lipinski definition) is 16. The van der Waals surface area contributed by atoms with Crippen molar-refractivity contribution < 1.29 is 73.5 Å². The van der Waals surface area contributed by atoms with Crippen LogP contribution in [0.5, 0.6) is 5.75 Å². The number of amides is 8. The molecule has 17 N–H and O–H groups in total. The summed E-state index contributed by atoms with van der Waals surface area (Å²) >= 11 is 4.13. The molecule has 0 heterocycles. The maximum atomic E-state index is 14.0. The second kappa shape index (κ2) is 32.8. The predicted molar refractivity (Wildman–Crippen MR) is 264 cm³/mol. The molecule has 1 rings (SSSR count). The Hall–Kier alpha value is -6.09. The molecule has 9 atom stereocenters. The van der Waals surface area contributed by atoms with Crippen LogP contribution in [-0.2, 0) is 54.4 Å². The van der Waals surface area contributed by atoms with E-state index >= 15 is 0 Å². The molecule has 0 spiro atoms. The minimum Gasteiger partial charge on any atom is -0.508 e. The number of phenols is 1. The number of thiol groups is 1. The summed E-state index contributed by atoms with van der Waals surface area (Å²) in [5.74, 6) is -11.7. The van der Waals surface area contributed by atoms with Crippen molar-refractivity contribution in [3.8, 4) is 5.75 Å². The topological polar surface area (TPSA) is 420 Å². The second-order valence-electron chi connectivity index (χ2n) is 18.6. The molecule has 25 nitrogen and oxygen atoms in total. The molecule has 0 radical (unpaired) electrons. The van der Waals surface area contributed by atoms with Crippen LogP contribution in [0.25, 0.3) is 0 Å². The normalized spacial score (nSPS) is 15.0. The number of phenolic OH excluding ortho intramolecular Hbond substituents is 1. The number of aliphatic carboxylic acids is 2. The molecule has 0 aliphatic carbocycles. The summed E-state index contributed by atoms with van der Waals surface area (Å²) in [4.78, 5) is 132. The Morgan fingerprint density at radius 2 is 0.889 bits per heavy atom. The lowest BCUT2D eigenvalue weighted by atomic mass is 9.98. The summed E-state index contributed by atoms with van der Waals surface area (Å²) in [6, 6.07) is -8.01. The number of nitrogens with two attached hydrogens (primary N) is 2. The SMILES string of the molecule is CC(C)C[C@H](NC(=O)[C@H](CC(C)C)NC(=O)[C@@H](N)CC(C)C)C(=O)N[C@@H](CC(=O)O)C(=O)N[C@@H](Cc1ccc(O)cc1)C(=O)N[C@@H](CS)C(=O)N[C@@H](CO)C(=O)N[C@@H](CO)C(=O)N[C@@H](CCCCN)C(=O)O. The lowest BCUT2D eigenvalue weighted by Crippen LogP contribution is -2.61. The molecule has 0 aliphatic heterocycles. The van der Waals surface area contributed by atoms with E-state index in [1.54, 1.807) is 13.8 Å². The van der Waals surface area contributed by atoms with Gasteiger partial charge >= 0.3 is 11.9 Å². The number of carbonyl (C=O) groups excluding carboxylic acids is 8. The van der Waals surface area contributed by atoms with Crippen molar-refractivity contribution in [2.45, 2.75) is 147 Å². The largest absolute Gasteiger partial charge is 0.508 e. The molecular weight excluding hydrogens is 965 g/mol. The fourth-order valence-electron chi connectivity index (χ4n) is 7.00. The van der Waals surface area contributed by atoms with E-state index in [-0.39, 0.29) is 55.7 Å². The zero-order valence-corrected chi connectivity index (χ0v) is 42.5. The molecule has 8 amide bonds. The van der Waals surface area contributed by atoms with Crippen LogP contribution in [0.2, 0.25) is 0 Å². The maximum absolute atomic E-state index is 14.0. The van der Waals surface area contributed by atoms with E-state index in [0.29, 0.717) is 24.8 Å². The number of carboxylic acids is 2. The predicted octanol–water partition coefficient (Wildman–Crippen LogP) is -3.12. The third-order valence-corrected chi connectivity index (χ3v) is 11.1. The van der Waals surface area contributed by atoms with E-state index in [1.165, 1.54) is 24.3 Å². The van der Waals surface area contributed by atoms with Crippen molar-refractivity contribution in [1.29, 1.82) is 0 Å². The molecule has 1 aromatic carbocycles. The minimum absolute atomic E-state index is 0.00604. The van der Waals surface area contributed by atoms with Gasteiger partial charge in [0.25, 0.3) is 0 Å². The zero-order chi connectivity index (χ0) is 54.8. The van der Waals surface area contributed by atoms with Gasteiger partial charge < -0.3 is 79.5 Å². The Labute approximate surface area is 424 Å². The van der Waals surface area contributed by atoms with E-state index < -0.39 is 139 Å². The standard InChI is InChI=1S/C46H76N10O15S/c1-23(2)15-28(48)38(62)50-30(16-24(3)4)39(63)51-31(17-25(5)6)40(64)53-33(19-37(60)61)42(66)52-32(18-26-10-12-27(59)13-11-26)41(65)56-36(22-72)45(69)55-35(21-58)44(68)54-34(20-57)43(67)49-29(46(70)71)9-7-8-14-47/h10-13,23-25,28-36,57-59,72H,7-9,14-22,47-48H2,1-6H3,(H,49,67)(H,50,62)(H,51,63)(H,52,66)(H,53,64)(H,54,68)(H,55,69)(H,56,65)(H,60,61)(H,70,71)/t28-,29-,30-,31-,32-,33-,34-,35-,36-/m0/s1. The fraction of sp³-hybridized carbons (Fsp3) is 0.652. The van der Waals surface area contributed by atoms with E-state index in [9.17, 15) is 73.5 Å². The van der Waals surface area contributed by atoms with E-state index in [4.69, 9.17) is 11.5 Å². The molecule has 406 valence electrons. The van der Waals surface area contributed by atoms with E-state index in [1.807, 2.05) is 27.7 Å². The quantitative estimate of drug-likeness (QED) is 0.0240. The molecule has 0 saturated carbocycles. The summed E-state index contributed by atoms with van der Waals surface area (Å²) in [5, 5.41) is 68.0. The Balaban J connectivity index is 3.40. The van der Waals surface area contributed by atoms with Gasteiger partial charge in [-0.3, -0.25) is 43.2 Å². The lowest BCUT2D eigenvalue weighted by molar-refractivity contribution is -0.143. The number of aromatic hydroxyl groups is 1. The molecule has 26 heteroatoms. The van der Waals surface area contributed by atoms with Gasteiger partial charge in [-0.25, -0.2) is 4.79 Å². The summed E-state index contributed by atoms with van der Waals surface area (Å²) in [5.41, 5.74) is 11.9. The van der Waals surface area contributed by atoms with Gasteiger partial charge in [-0.1, -0.05) is 53.7 Å². The number of carbonyl (C=O) groups is 10. The van der Waals surface area contributed by atoms with Crippen molar-refractivity contribution >= 4 is 71.8 Å². The molecule has 0 bridgehead atoms. The molecule has 1 aromatic rings. The first kappa shape index (κ1) is 63.9. The highest BCUT2D eigenvalue weighted by atomic mass is 32.1. The van der Waals surface area contributed by atoms with Crippen LogP contribution in [0, 0.1) is 17.8 Å². The molecular formula is C46H76N10O15S. The van der Waals surface area contributed by atoms with E-state index in [2.05, 4.69) is 55.2 Å². The van der Waals surface area contributed by atoms with Crippen LogP contribution in [0.1, 0.15) is 92.1 Å². The monoisotopic (exact) mass is 1040 g/mol. The van der Waals surface area contributed by atoms with Gasteiger partial charge in [0.15, 0.2) is 0 Å². The number of aliphatic hydroxyl groups is 2. The number of hydrogen-bond donors (Lipinski definition) is 16. The van der Waals surface area contributed by atoms with Crippen LogP contribution >= 0.6 is 12.6 Å². The van der Waals surface area contributed by atoms with Gasteiger partial charge in [-0.15, -0.1) is 0 Å². The van der Waals surface area contributed by atoms with E-state index in [0.717, 1.165) is 0 Å². The molecule has 0 aliphatic rings. The van der Waals surface area contributed by atoms with Crippen LogP contribution in [0.15, 0.2) is 24.3 Å². The highest BCUT2D eigenvalue weighted by Crippen LogP contribution is 2.14. The number of unbranched alkanes of at least 4 members (excludes halogenated alkanes) is 1. The Kier molecular flexibility index (Phi) is 29.1. The van der Waals surface area contributed by atoms with Crippen LogP contribution in [0.3, 0.4) is 0 Å². The van der Waals surface area contributed by atoms with Crippen molar-refractivity contribution in [2.24, 2.45) is 29.2 Å². The third-order valence-electron chi connectivity index (χ3n) is 10.8. The van der Waals surface area contributed by atoms with Crippen LogP contribution in [0.4, 0.5) is 0 Å². The highest BCUT2D eigenvalue weighted by molar-refractivity contribution is 7.80. The second-order valence-corrected chi connectivity index (χ2v) is 19.0. The third kappa shape index (κ3) is 23.9. The average Bonchev–Trinajstić information content (AvgIpc) is 3.29. The average molecular weight is 1040 g/mol. The maximum Gasteiger partial charge on any atom is 0.326 e. The highest BCUT2D eigenvalue weighted by Gasteiger charge is 2.36. The van der Waals surface area contributed by atoms with Gasteiger partial charge in [0.2, 0.25) is 47.3 Å². The summed E-state index contributed by atoms with van der Waals surface area (Å²) in [6.45, 7) is 9.09. The lowest BCUT2D eigenvalue weighted by Gasteiger charge is -2.28. The van der Waals surface area contributed by atoms with Gasteiger partial charge in [0.05, 0.1) is 25.7 Å². The van der Waals surface area contributed by atoms with Gasteiger partial charge in [-0.05, 0) is 80.5 Å². The number of carboxylic acid groups (broad SMARTS) is 2. The summed E-state index contributed by atoms with van der Waals surface area (Å²) < 4.78 is 0. The smallest absolute Gasteiger partial charge is 0.326 e.